The molecule has 4 nitrogen and oxygen atoms in total. The van der Waals surface area contributed by atoms with Gasteiger partial charge in [0, 0.05) is 18.7 Å². The van der Waals surface area contributed by atoms with E-state index in [1.807, 2.05) is 29.0 Å². The molecule has 0 amide bonds. The van der Waals surface area contributed by atoms with Crippen LogP contribution in [0.25, 0.3) is 0 Å². The second kappa shape index (κ2) is 5.90. The number of hydrogen-bond donors (Lipinski definition) is 1. The van der Waals surface area contributed by atoms with Crippen molar-refractivity contribution in [3.8, 4) is 0 Å². The summed E-state index contributed by atoms with van der Waals surface area (Å²) in [6, 6.07) is 5.84. The van der Waals surface area contributed by atoms with Crippen LogP contribution in [0.15, 0.2) is 29.4 Å². The minimum atomic E-state index is -0.816. The van der Waals surface area contributed by atoms with E-state index in [0.717, 1.165) is 12.2 Å². The molecule has 80 valence electrons. The summed E-state index contributed by atoms with van der Waals surface area (Å²) >= 11 is 0. The van der Waals surface area contributed by atoms with Crippen LogP contribution in [0.2, 0.25) is 0 Å². The number of aryl methyl sites for hydroxylation is 1. The van der Waals surface area contributed by atoms with Crippen molar-refractivity contribution in [3.63, 3.8) is 0 Å². The zero-order valence-electron chi connectivity index (χ0n) is 8.76. The highest BCUT2D eigenvalue weighted by atomic mass is 16.4. The van der Waals surface area contributed by atoms with E-state index in [1.54, 1.807) is 6.21 Å². The molecule has 1 heterocycles. The van der Waals surface area contributed by atoms with Gasteiger partial charge in [0.1, 0.15) is 6.54 Å². The lowest BCUT2D eigenvalue weighted by molar-refractivity contribution is -0.694. The Morgan fingerprint density at radius 3 is 3.07 bits per heavy atom. The van der Waals surface area contributed by atoms with Gasteiger partial charge in [-0.1, -0.05) is 0 Å². The van der Waals surface area contributed by atoms with Gasteiger partial charge in [-0.25, -0.2) is 0 Å². The predicted molar refractivity (Wildman–Crippen MR) is 57.0 cm³/mol. The van der Waals surface area contributed by atoms with Gasteiger partial charge in [0.15, 0.2) is 6.20 Å². The summed E-state index contributed by atoms with van der Waals surface area (Å²) in [6.07, 6.45) is 3.76. The molecule has 0 saturated carbocycles. The minimum Gasteiger partial charge on any atom is -0.481 e. The van der Waals surface area contributed by atoms with Crippen molar-refractivity contribution in [1.29, 1.82) is 0 Å². The molecule has 0 radical (unpaired) electrons. The molecule has 0 aliphatic rings. The van der Waals surface area contributed by atoms with E-state index in [0.29, 0.717) is 6.54 Å². The van der Waals surface area contributed by atoms with Crippen molar-refractivity contribution in [1.82, 2.24) is 0 Å². The lowest BCUT2D eigenvalue weighted by Gasteiger charge is -1.95. The maximum Gasteiger partial charge on any atom is 0.305 e. The summed E-state index contributed by atoms with van der Waals surface area (Å²) in [5.74, 6) is -0.816. The van der Waals surface area contributed by atoms with Crippen molar-refractivity contribution in [3.05, 3.63) is 30.1 Å². The van der Waals surface area contributed by atoms with Crippen LogP contribution in [0.3, 0.4) is 0 Å². The summed E-state index contributed by atoms with van der Waals surface area (Å²) < 4.78 is 2.05. The van der Waals surface area contributed by atoms with Crippen molar-refractivity contribution >= 4 is 12.2 Å². The first-order valence-electron chi connectivity index (χ1n) is 4.94. The Labute approximate surface area is 88.9 Å². The standard InChI is InChI=1S/C11H14N2O2/c1-2-13-8-4-3-5-10(13)9-12-7-6-11(14)15/h3-5,8-9H,2,6-7H2,1H3/p+1. The summed E-state index contributed by atoms with van der Waals surface area (Å²) in [5, 5.41) is 8.43. The molecule has 0 spiro atoms. The molecule has 15 heavy (non-hydrogen) atoms. The topological polar surface area (TPSA) is 53.5 Å². The maximum atomic E-state index is 10.3. The Morgan fingerprint density at radius 1 is 1.60 bits per heavy atom. The molecule has 0 saturated heterocycles. The Morgan fingerprint density at radius 2 is 2.40 bits per heavy atom. The number of rotatable bonds is 5. The van der Waals surface area contributed by atoms with Crippen LogP contribution in [0.1, 0.15) is 19.0 Å². The molecule has 1 aromatic rings. The number of aliphatic imine (C=N–C) groups is 1. The Hall–Kier alpha value is -1.71. The second-order valence-electron chi connectivity index (χ2n) is 3.09. The SMILES string of the molecule is CC[n+]1ccccc1C=NCCC(=O)O. The molecular formula is C11H15N2O2+. The summed E-state index contributed by atoms with van der Waals surface area (Å²) in [6.45, 7) is 3.25. The van der Waals surface area contributed by atoms with Gasteiger partial charge >= 0.3 is 5.97 Å². The number of nitrogens with zero attached hydrogens (tertiary/aromatic N) is 2. The minimum absolute atomic E-state index is 0.0788. The highest BCUT2D eigenvalue weighted by Crippen LogP contribution is 1.88. The van der Waals surface area contributed by atoms with E-state index in [9.17, 15) is 4.79 Å². The number of aromatic nitrogens is 1. The van der Waals surface area contributed by atoms with Crippen LogP contribution >= 0.6 is 0 Å². The van der Waals surface area contributed by atoms with E-state index in [1.165, 1.54) is 0 Å². The third-order valence-electron chi connectivity index (χ3n) is 1.99. The van der Waals surface area contributed by atoms with Gasteiger partial charge in [-0.05, 0) is 13.0 Å². The van der Waals surface area contributed by atoms with Crippen LogP contribution < -0.4 is 4.57 Å². The normalized spacial score (nSPS) is 10.7. The molecule has 4 heteroatoms. The molecule has 1 rings (SSSR count). The zero-order valence-corrected chi connectivity index (χ0v) is 8.76. The molecule has 0 unspecified atom stereocenters. The third kappa shape index (κ3) is 3.89. The van der Waals surface area contributed by atoms with E-state index in [2.05, 4.69) is 11.9 Å². The van der Waals surface area contributed by atoms with E-state index in [4.69, 9.17) is 5.11 Å². The molecular weight excluding hydrogens is 192 g/mol. The first-order valence-corrected chi connectivity index (χ1v) is 4.94. The molecule has 0 atom stereocenters. The van der Waals surface area contributed by atoms with Gasteiger partial charge in [0.2, 0.25) is 5.69 Å². The van der Waals surface area contributed by atoms with Gasteiger partial charge in [0.05, 0.1) is 12.6 Å². The highest BCUT2D eigenvalue weighted by Gasteiger charge is 2.02. The average molecular weight is 207 g/mol. The highest BCUT2D eigenvalue weighted by molar-refractivity contribution is 5.75. The first kappa shape index (κ1) is 11.4. The summed E-state index contributed by atoms with van der Waals surface area (Å²) in [4.78, 5) is 14.3. The number of pyridine rings is 1. The smallest absolute Gasteiger partial charge is 0.305 e. The van der Waals surface area contributed by atoms with Gasteiger partial charge in [-0.2, -0.15) is 4.57 Å². The largest absolute Gasteiger partial charge is 0.481 e. The third-order valence-corrected chi connectivity index (χ3v) is 1.99. The van der Waals surface area contributed by atoms with Crippen LogP contribution in [-0.2, 0) is 11.3 Å². The van der Waals surface area contributed by atoms with Crippen LogP contribution in [0, 0.1) is 0 Å². The fourth-order valence-electron chi connectivity index (χ4n) is 1.21. The van der Waals surface area contributed by atoms with Crippen LogP contribution in [0.5, 0.6) is 0 Å². The molecule has 1 N–H and O–H groups in total. The fourth-order valence-corrected chi connectivity index (χ4v) is 1.21. The van der Waals surface area contributed by atoms with Crippen molar-refractivity contribution < 1.29 is 14.5 Å². The van der Waals surface area contributed by atoms with Gasteiger partial charge < -0.3 is 5.11 Å². The summed E-state index contributed by atoms with van der Waals surface area (Å²) in [7, 11) is 0. The quantitative estimate of drug-likeness (QED) is 0.576. The van der Waals surface area contributed by atoms with Crippen molar-refractivity contribution in [2.45, 2.75) is 19.9 Å². The lowest BCUT2D eigenvalue weighted by Crippen LogP contribution is -2.36. The second-order valence-corrected chi connectivity index (χ2v) is 3.09. The van der Waals surface area contributed by atoms with Crippen molar-refractivity contribution in [2.75, 3.05) is 6.54 Å². The Balaban J connectivity index is 2.59. The molecule has 1 aromatic heterocycles. The van der Waals surface area contributed by atoms with Crippen molar-refractivity contribution in [2.24, 2.45) is 4.99 Å². The lowest BCUT2D eigenvalue weighted by atomic mass is 10.3. The zero-order chi connectivity index (χ0) is 11.1. The molecule has 0 fully saturated rings. The van der Waals surface area contributed by atoms with Gasteiger partial charge in [0.25, 0.3) is 0 Å². The number of carboxylic acid groups (broad SMARTS) is 1. The van der Waals surface area contributed by atoms with Crippen LogP contribution in [0.4, 0.5) is 0 Å². The fraction of sp³-hybridized carbons (Fsp3) is 0.364. The van der Waals surface area contributed by atoms with E-state index < -0.39 is 5.97 Å². The molecule has 0 aromatic carbocycles. The molecule has 0 aliphatic carbocycles. The van der Waals surface area contributed by atoms with E-state index >= 15 is 0 Å². The average Bonchev–Trinajstić information content (AvgIpc) is 2.24. The van der Waals surface area contributed by atoms with Crippen LogP contribution in [-0.4, -0.2) is 23.8 Å². The van der Waals surface area contributed by atoms with Gasteiger partial charge in [-0.3, -0.25) is 9.79 Å². The predicted octanol–water partition coefficient (Wildman–Crippen LogP) is 0.888. The maximum absolute atomic E-state index is 10.3. The number of aliphatic carboxylic acids is 1. The number of carbonyl (C=O) groups is 1. The Kier molecular flexibility index (Phi) is 4.47. The monoisotopic (exact) mass is 207 g/mol. The van der Waals surface area contributed by atoms with Gasteiger partial charge in [-0.15, -0.1) is 0 Å². The number of carboxylic acids is 1. The van der Waals surface area contributed by atoms with E-state index in [-0.39, 0.29) is 6.42 Å². The first-order chi connectivity index (χ1) is 7.24. The molecule has 0 aliphatic heterocycles. The number of hydrogen-bond acceptors (Lipinski definition) is 2. The summed E-state index contributed by atoms with van der Waals surface area (Å²) in [5.41, 5.74) is 0.991. The molecule has 0 bridgehead atoms. The Bertz CT molecular complexity index is 361.